The topological polar surface area (TPSA) is 92.4 Å². The van der Waals surface area contributed by atoms with Crippen LogP contribution in [0.1, 0.15) is 27.7 Å². The van der Waals surface area contributed by atoms with Gasteiger partial charge in [-0.05, 0) is 19.8 Å². The molecule has 0 saturated heterocycles. The van der Waals surface area contributed by atoms with Crippen molar-refractivity contribution < 1.29 is 14.7 Å². The maximum atomic E-state index is 11.7. The van der Waals surface area contributed by atoms with Crippen molar-refractivity contribution in [1.29, 1.82) is 0 Å². The maximum Gasteiger partial charge on any atom is 0.326 e. The largest absolute Gasteiger partial charge is 0.480 e. The summed E-state index contributed by atoms with van der Waals surface area (Å²) in [5.74, 6) is -1.76. The predicted molar refractivity (Wildman–Crippen MR) is 65.4 cm³/mol. The molecule has 0 heterocycles. The number of amides is 1. The van der Waals surface area contributed by atoms with Gasteiger partial charge in [0.15, 0.2) is 0 Å². The van der Waals surface area contributed by atoms with Crippen LogP contribution in [0.2, 0.25) is 0 Å². The summed E-state index contributed by atoms with van der Waals surface area (Å²) >= 11 is 4.18. The molecule has 5 nitrogen and oxygen atoms in total. The highest BCUT2D eigenvalue weighted by Gasteiger charge is 2.32. The molecule has 0 aromatic carbocycles. The lowest BCUT2D eigenvalue weighted by Crippen LogP contribution is -2.56. The number of carbonyl (C=O) groups is 2. The Bertz CT molecular complexity index is 274. The van der Waals surface area contributed by atoms with Crippen LogP contribution in [0.15, 0.2) is 0 Å². The molecule has 0 bridgehead atoms. The number of hydrogen-bond acceptors (Lipinski definition) is 4. The van der Waals surface area contributed by atoms with Gasteiger partial charge in [0.25, 0.3) is 0 Å². The van der Waals surface area contributed by atoms with Crippen molar-refractivity contribution in [3.05, 3.63) is 0 Å². The van der Waals surface area contributed by atoms with E-state index in [1.54, 1.807) is 27.7 Å². The summed E-state index contributed by atoms with van der Waals surface area (Å²) in [5, 5.41) is 11.3. The monoisotopic (exact) mass is 248 g/mol. The quantitative estimate of drug-likeness (QED) is 0.525. The molecule has 6 heteroatoms. The fourth-order valence-electron chi connectivity index (χ4n) is 1.08. The number of nitrogens with one attached hydrogen (secondary N) is 1. The van der Waals surface area contributed by atoms with Gasteiger partial charge in [-0.25, -0.2) is 4.79 Å². The average molecular weight is 248 g/mol. The van der Waals surface area contributed by atoms with Crippen molar-refractivity contribution in [3.8, 4) is 0 Å². The Hall–Kier alpha value is -0.750. The first kappa shape index (κ1) is 15.2. The van der Waals surface area contributed by atoms with E-state index >= 15 is 0 Å². The molecule has 0 aliphatic heterocycles. The Morgan fingerprint density at radius 1 is 1.38 bits per heavy atom. The van der Waals surface area contributed by atoms with Crippen LogP contribution in [0.5, 0.6) is 0 Å². The van der Waals surface area contributed by atoms with Gasteiger partial charge in [-0.2, -0.15) is 12.6 Å². The molecule has 0 fully saturated rings. The third kappa shape index (κ3) is 4.40. The summed E-state index contributed by atoms with van der Waals surface area (Å²) in [7, 11) is 0. The van der Waals surface area contributed by atoms with Gasteiger partial charge in [-0.15, -0.1) is 0 Å². The van der Waals surface area contributed by atoms with E-state index in [0.29, 0.717) is 0 Å². The van der Waals surface area contributed by atoms with E-state index in [0.717, 1.165) is 0 Å². The third-order valence-electron chi connectivity index (χ3n) is 2.27. The summed E-state index contributed by atoms with van der Waals surface area (Å²) in [5.41, 5.74) is 5.66. The van der Waals surface area contributed by atoms with Crippen LogP contribution in [0, 0.1) is 5.92 Å². The Morgan fingerprint density at radius 3 is 2.06 bits per heavy atom. The standard InChI is InChI=1S/C10H20N2O3S/c1-5(2)6(9(14)15)12-8(13)7(11)10(3,4)16/h5-7,16H,11H2,1-4H3,(H,12,13)(H,14,15)/t6-,7+/m1/s1. The zero-order valence-corrected chi connectivity index (χ0v) is 10.9. The number of carboxylic acid groups (broad SMARTS) is 1. The van der Waals surface area contributed by atoms with Gasteiger partial charge < -0.3 is 16.2 Å². The third-order valence-corrected chi connectivity index (χ3v) is 2.55. The number of hydrogen-bond donors (Lipinski definition) is 4. The van der Waals surface area contributed by atoms with Crippen molar-refractivity contribution in [2.45, 2.75) is 44.5 Å². The normalized spacial score (nSPS) is 15.7. The Morgan fingerprint density at radius 2 is 1.81 bits per heavy atom. The van der Waals surface area contributed by atoms with Crippen LogP contribution >= 0.6 is 12.6 Å². The minimum Gasteiger partial charge on any atom is -0.480 e. The van der Waals surface area contributed by atoms with Gasteiger partial charge in [0.05, 0.1) is 6.04 Å². The zero-order valence-electron chi connectivity index (χ0n) is 10.0. The average Bonchev–Trinajstić information content (AvgIpc) is 2.09. The second kappa shape index (κ2) is 5.54. The molecular weight excluding hydrogens is 228 g/mol. The van der Waals surface area contributed by atoms with E-state index in [9.17, 15) is 9.59 Å². The lowest BCUT2D eigenvalue weighted by molar-refractivity contribution is -0.143. The minimum absolute atomic E-state index is 0.198. The van der Waals surface area contributed by atoms with Crippen molar-refractivity contribution in [3.63, 3.8) is 0 Å². The summed E-state index contributed by atoms with van der Waals surface area (Å²) in [4.78, 5) is 22.5. The summed E-state index contributed by atoms with van der Waals surface area (Å²) in [6.45, 7) is 6.84. The molecule has 16 heavy (non-hydrogen) atoms. The Labute approximate surface area is 101 Å². The smallest absolute Gasteiger partial charge is 0.326 e. The van der Waals surface area contributed by atoms with E-state index in [-0.39, 0.29) is 5.92 Å². The lowest BCUT2D eigenvalue weighted by Gasteiger charge is -2.27. The molecular formula is C10H20N2O3S. The number of nitrogens with two attached hydrogens (primary N) is 1. The highest BCUT2D eigenvalue weighted by Crippen LogP contribution is 2.16. The van der Waals surface area contributed by atoms with Crippen LogP contribution in [-0.4, -0.2) is 33.8 Å². The molecule has 0 aliphatic carbocycles. The number of aliphatic carboxylic acids is 1. The second-order valence-corrected chi connectivity index (χ2v) is 5.85. The molecule has 0 aromatic heterocycles. The molecule has 0 aromatic rings. The molecule has 0 aliphatic rings. The number of carboxylic acids is 1. The molecule has 1 amide bonds. The van der Waals surface area contributed by atoms with Crippen LogP contribution in [-0.2, 0) is 9.59 Å². The van der Waals surface area contributed by atoms with E-state index in [2.05, 4.69) is 17.9 Å². The molecule has 0 rings (SSSR count). The maximum absolute atomic E-state index is 11.7. The fourth-order valence-corrected chi connectivity index (χ4v) is 1.19. The summed E-state index contributed by atoms with van der Waals surface area (Å²) in [6, 6.07) is -1.77. The molecule has 0 spiro atoms. The van der Waals surface area contributed by atoms with Crippen LogP contribution in [0.25, 0.3) is 0 Å². The van der Waals surface area contributed by atoms with Crippen molar-refractivity contribution in [2.24, 2.45) is 11.7 Å². The van der Waals surface area contributed by atoms with Crippen LogP contribution in [0.3, 0.4) is 0 Å². The number of thiol groups is 1. The molecule has 0 unspecified atom stereocenters. The highest BCUT2D eigenvalue weighted by molar-refractivity contribution is 7.81. The van der Waals surface area contributed by atoms with Crippen LogP contribution < -0.4 is 11.1 Å². The molecule has 2 atom stereocenters. The Kier molecular flexibility index (Phi) is 5.28. The summed E-state index contributed by atoms with van der Waals surface area (Å²) < 4.78 is -0.690. The fraction of sp³-hybridized carbons (Fsp3) is 0.800. The number of rotatable bonds is 5. The van der Waals surface area contributed by atoms with E-state index < -0.39 is 28.7 Å². The predicted octanol–water partition coefficient (Wildman–Crippen LogP) is 0.247. The van der Waals surface area contributed by atoms with Crippen molar-refractivity contribution >= 4 is 24.5 Å². The van der Waals surface area contributed by atoms with Crippen molar-refractivity contribution in [1.82, 2.24) is 5.32 Å². The first-order valence-corrected chi connectivity index (χ1v) is 5.53. The van der Waals surface area contributed by atoms with Gasteiger partial charge in [0.1, 0.15) is 6.04 Å². The van der Waals surface area contributed by atoms with Gasteiger partial charge in [-0.3, -0.25) is 4.79 Å². The first-order chi connectivity index (χ1) is 7.07. The molecule has 94 valence electrons. The zero-order chi connectivity index (χ0) is 13.1. The van der Waals surface area contributed by atoms with Crippen molar-refractivity contribution in [2.75, 3.05) is 0 Å². The van der Waals surface area contributed by atoms with Gasteiger partial charge >= 0.3 is 5.97 Å². The molecule has 0 radical (unpaired) electrons. The van der Waals surface area contributed by atoms with Crippen LogP contribution in [0.4, 0.5) is 0 Å². The lowest BCUT2D eigenvalue weighted by atomic mass is 10.0. The number of carbonyl (C=O) groups excluding carboxylic acids is 1. The SMILES string of the molecule is CC(C)[C@@H](NC(=O)[C@H](N)C(C)(C)S)C(=O)O. The molecule has 0 saturated carbocycles. The first-order valence-electron chi connectivity index (χ1n) is 5.08. The second-order valence-electron chi connectivity index (χ2n) is 4.70. The van der Waals surface area contributed by atoms with Gasteiger partial charge in [-0.1, -0.05) is 13.8 Å². The van der Waals surface area contributed by atoms with E-state index in [1.807, 2.05) is 0 Å². The minimum atomic E-state index is -1.06. The van der Waals surface area contributed by atoms with E-state index in [4.69, 9.17) is 10.8 Å². The molecule has 4 N–H and O–H groups in total. The van der Waals surface area contributed by atoms with E-state index in [1.165, 1.54) is 0 Å². The van der Waals surface area contributed by atoms with Gasteiger partial charge in [0, 0.05) is 4.75 Å². The Balaban J connectivity index is 4.60. The summed E-state index contributed by atoms with van der Waals surface area (Å²) in [6.07, 6.45) is 0. The van der Waals surface area contributed by atoms with Gasteiger partial charge in [0.2, 0.25) is 5.91 Å². The highest BCUT2D eigenvalue weighted by atomic mass is 32.1.